The zero-order chi connectivity index (χ0) is 43.6. The molecular weight excluding hydrogens is 753 g/mol. The molecule has 0 unspecified atom stereocenters. The zero-order valence-electron chi connectivity index (χ0n) is 38.7. The Kier molecular flexibility index (Phi) is 16.2. The van der Waals surface area contributed by atoms with Crippen LogP contribution in [0.1, 0.15) is 128 Å². The predicted octanol–water partition coefficient (Wildman–Crippen LogP) is 11.1. The van der Waals surface area contributed by atoms with Crippen molar-refractivity contribution in [2.45, 2.75) is 131 Å². The van der Waals surface area contributed by atoms with Crippen LogP contribution in [0.5, 0.6) is 23.0 Å². The van der Waals surface area contributed by atoms with Crippen LogP contribution < -0.4 is 18.9 Å². The number of ether oxygens (including phenoxy) is 8. The molecule has 1 aliphatic carbocycles. The van der Waals surface area contributed by atoms with Gasteiger partial charge in [-0.1, -0.05) is 72.8 Å². The molecule has 0 amide bonds. The smallest absolute Gasteiger partial charge is 0.126 e. The summed E-state index contributed by atoms with van der Waals surface area (Å²) in [6.07, 6.45) is 2.42. The van der Waals surface area contributed by atoms with Gasteiger partial charge < -0.3 is 37.9 Å². The van der Waals surface area contributed by atoms with Crippen LogP contribution in [0.25, 0.3) is 0 Å². The van der Waals surface area contributed by atoms with Gasteiger partial charge in [-0.25, -0.2) is 0 Å². The van der Waals surface area contributed by atoms with Crippen LogP contribution in [0, 0.1) is 0 Å². The third kappa shape index (κ3) is 15.1. The molecule has 8 nitrogen and oxygen atoms in total. The summed E-state index contributed by atoms with van der Waals surface area (Å²) >= 11 is 0. The lowest BCUT2D eigenvalue weighted by Gasteiger charge is -2.24. The predicted molar refractivity (Wildman–Crippen MR) is 242 cm³/mol. The standard InChI is InChI=1S/C52H72O8/c1-49(2,3)57-29-25-53-45-37-17-13-18-38(45)34-40-20-15-22-42(47(40)55-27-31-59-51(7,8)9)36-44-24-16-23-43(48(44)56-28-32-60-52(10,11)12)35-41-21-14-19-39(33-37)46(41)54-26-30-58-50(4,5)6/h13-24H,25-36H2,1-12H3. The average molecular weight is 825 g/mol. The highest BCUT2D eigenvalue weighted by Gasteiger charge is 2.23. The summed E-state index contributed by atoms with van der Waals surface area (Å²) in [5.41, 5.74) is 7.51. The second-order valence-corrected chi connectivity index (χ2v) is 19.6. The van der Waals surface area contributed by atoms with Crippen LogP contribution in [-0.4, -0.2) is 75.3 Å². The molecule has 4 aromatic rings. The molecule has 60 heavy (non-hydrogen) atoms. The molecule has 328 valence electrons. The average Bonchev–Trinajstić information content (AvgIpc) is 3.13. The topological polar surface area (TPSA) is 73.8 Å². The fourth-order valence-corrected chi connectivity index (χ4v) is 7.19. The molecular formula is C52H72O8. The van der Waals surface area contributed by atoms with E-state index in [1.807, 2.05) is 0 Å². The van der Waals surface area contributed by atoms with Gasteiger partial charge in [0.25, 0.3) is 0 Å². The summed E-state index contributed by atoms with van der Waals surface area (Å²) in [7, 11) is 0. The lowest BCUT2D eigenvalue weighted by molar-refractivity contribution is -0.0167. The summed E-state index contributed by atoms with van der Waals surface area (Å²) in [6, 6.07) is 25.8. The van der Waals surface area contributed by atoms with E-state index in [2.05, 4.69) is 156 Å². The Labute approximate surface area is 361 Å². The van der Waals surface area contributed by atoms with Crippen LogP contribution in [0.2, 0.25) is 0 Å². The number of hydrogen-bond donors (Lipinski definition) is 0. The van der Waals surface area contributed by atoms with Gasteiger partial charge in [-0.3, -0.25) is 0 Å². The van der Waals surface area contributed by atoms with Crippen molar-refractivity contribution in [2.75, 3.05) is 52.9 Å². The van der Waals surface area contributed by atoms with Crippen LogP contribution in [0.3, 0.4) is 0 Å². The Balaban J connectivity index is 1.65. The largest absolute Gasteiger partial charge is 0.491 e. The third-order valence-electron chi connectivity index (χ3n) is 9.70. The fourth-order valence-electron chi connectivity index (χ4n) is 7.19. The SMILES string of the molecule is CC(C)(C)OCCOc1c2cccc1Cc1cccc(c1OCCOC(C)(C)C)Cc1cccc(c1OCCOC(C)(C)C)Cc1cccc(c1OCCOC(C)(C)C)C2. The number of fused-ring (bicyclic) bond motifs is 8. The lowest BCUT2D eigenvalue weighted by atomic mass is 9.91. The highest BCUT2D eigenvalue weighted by molar-refractivity contribution is 5.56. The maximum absolute atomic E-state index is 6.75. The highest BCUT2D eigenvalue weighted by Crippen LogP contribution is 2.39. The van der Waals surface area contributed by atoms with Gasteiger partial charge in [0.05, 0.1) is 48.8 Å². The maximum atomic E-state index is 6.75. The van der Waals surface area contributed by atoms with Crippen molar-refractivity contribution >= 4 is 0 Å². The molecule has 1 aliphatic rings. The summed E-state index contributed by atoms with van der Waals surface area (Å²) < 4.78 is 51.4. The van der Waals surface area contributed by atoms with Crippen LogP contribution in [0.15, 0.2) is 72.8 Å². The molecule has 0 atom stereocenters. The second-order valence-electron chi connectivity index (χ2n) is 19.6. The summed E-state index contributed by atoms with van der Waals surface area (Å²) in [4.78, 5) is 0. The van der Waals surface area contributed by atoms with E-state index in [4.69, 9.17) is 37.9 Å². The summed E-state index contributed by atoms with van der Waals surface area (Å²) in [6.45, 7) is 28.3. The van der Waals surface area contributed by atoms with Gasteiger partial charge in [-0.15, -0.1) is 0 Å². The summed E-state index contributed by atoms with van der Waals surface area (Å²) in [5, 5.41) is 0. The molecule has 0 fully saturated rings. The summed E-state index contributed by atoms with van der Waals surface area (Å²) in [5.74, 6) is 3.45. The molecule has 0 spiro atoms. The van der Waals surface area contributed by atoms with E-state index in [1.165, 1.54) is 0 Å². The monoisotopic (exact) mass is 825 g/mol. The first-order valence-electron chi connectivity index (χ1n) is 21.7. The number of para-hydroxylation sites is 4. The number of benzene rings is 4. The van der Waals surface area contributed by atoms with Crippen LogP contribution in [-0.2, 0) is 44.6 Å². The number of hydrogen-bond acceptors (Lipinski definition) is 8. The third-order valence-corrected chi connectivity index (χ3v) is 9.70. The zero-order valence-corrected chi connectivity index (χ0v) is 38.7. The molecule has 0 radical (unpaired) electrons. The van der Waals surface area contributed by atoms with E-state index in [1.54, 1.807) is 0 Å². The Morgan fingerprint density at radius 3 is 0.600 bits per heavy atom. The first kappa shape index (κ1) is 47.0. The minimum Gasteiger partial charge on any atom is -0.491 e. The van der Waals surface area contributed by atoms with Crippen molar-refractivity contribution in [2.24, 2.45) is 0 Å². The van der Waals surface area contributed by atoms with Gasteiger partial charge in [0, 0.05) is 25.7 Å². The van der Waals surface area contributed by atoms with Gasteiger partial charge in [-0.05, 0) is 128 Å². The second kappa shape index (κ2) is 20.7. The molecule has 0 aliphatic heterocycles. The van der Waals surface area contributed by atoms with Gasteiger partial charge in [0.1, 0.15) is 49.4 Å². The first-order valence-corrected chi connectivity index (χ1v) is 21.7. The van der Waals surface area contributed by atoms with E-state index < -0.39 is 0 Å². The van der Waals surface area contributed by atoms with Crippen molar-refractivity contribution in [1.29, 1.82) is 0 Å². The fraction of sp³-hybridized carbons (Fsp3) is 0.538. The molecule has 0 saturated heterocycles. The van der Waals surface area contributed by atoms with Gasteiger partial charge in [0.15, 0.2) is 0 Å². The van der Waals surface area contributed by atoms with E-state index in [9.17, 15) is 0 Å². The Morgan fingerprint density at radius 1 is 0.283 bits per heavy atom. The molecule has 0 aromatic heterocycles. The van der Waals surface area contributed by atoms with E-state index in [-0.39, 0.29) is 22.4 Å². The van der Waals surface area contributed by atoms with Crippen molar-refractivity contribution in [3.8, 4) is 23.0 Å². The van der Waals surface area contributed by atoms with Crippen molar-refractivity contribution in [1.82, 2.24) is 0 Å². The van der Waals surface area contributed by atoms with Crippen LogP contribution in [0.4, 0.5) is 0 Å². The van der Waals surface area contributed by atoms with Crippen LogP contribution >= 0.6 is 0 Å². The minimum absolute atomic E-state index is 0.271. The van der Waals surface area contributed by atoms with Gasteiger partial charge in [0.2, 0.25) is 0 Å². The maximum Gasteiger partial charge on any atom is 0.126 e. The minimum atomic E-state index is -0.271. The van der Waals surface area contributed by atoms with Crippen molar-refractivity contribution < 1.29 is 37.9 Å². The van der Waals surface area contributed by atoms with Crippen molar-refractivity contribution in [3.63, 3.8) is 0 Å². The number of rotatable bonds is 16. The van der Waals surface area contributed by atoms with Gasteiger partial charge in [-0.2, -0.15) is 0 Å². The molecule has 5 rings (SSSR count). The molecule has 0 saturated carbocycles. The molecule has 4 aromatic carbocycles. The molecule has 8 bridgehead atoms. The highest BCUT2D eigenvalue weighted by atomic mass is 16.6. The Hall–Kier alpha value is -4.08. The Bertz CT molecular complexity index is 1610. The van der Waals surface area contributed by atoms with Gasteiger partial charge >= 0.3 is 0 Å². The van der Waals surface area contributed by atoms with E-state index in [0.29, 0.717) is 78.5 Å². The first-order chi connectivity index (χ1) is 28.2. The molecule has 8 heteroatoms. The van der Waals surface area contributed by atoms with E-state index >= 15 is 0 Å². The molecule has 0 N–H and O–H groups in total. The quantitative estimate of drug-likeness (QED) is 0.0911. The molecule has 0 heterocycles. The Morgan fingerprint density at radius 2 is 0.450 bits per heavy atom. The van der Waals surface area contributed by atoms with E-state index in [0.717, 1.165) is 67.5 Å². The normalized spacial score (nSPS) is 13.5. The lowest BCUT2D eigenvalue weighted by Crippen LogP contribution is -2.23. The van der Waals surface area contributed by atoms with Crippen molar-refractivity contribution in [3.05, 3.63) is 117 Å².